The van der Waals surface area contributed by atoms with Crippen LogP contribution in [0.3, 0.4) is 0 Å². The maximum Gasteiger partial charge on any atom is 0.268 e. The van der Waals surface area contributed by atoms with Crippen molar-refractivity contribution in [2.45, 2.75) is 43.3 Å². The number of fused-ring (bicyclic) bond motifs is 1. The fourth-order valence-corrected chi connectivity index (χ4v) is 5.19. The number of benzene rings is 1. The highest BCUT2D eigenvalue weighted by Gasteiger charge is 2.33. The van der Waals surface area contributed by atoms with E-state index >= 15 is 0 Å². The molecule has 5 rings (SSSR count). The zero-order valence-electron chi connectivity index (χ0n) is 18.1. The molecule has 2 atom stereocenters. The number of hydrogen-bond donors (Lipinski definition) is 3. The van der Waals surface area contributed by atoms with E-state index in [1.165, 1.54) is 18.1 Å². The van der Waals surface area contributed by atoms with Crippen LogP contribution in [0.15, 0.2) is 51.6 Å². The standard InChI is InChI=1S/C22H23BrN6O4S/c23-14-4-2-1-3-13(14)21-32-10-17(33-21)34-22-28-18-19(24)25-11-26-20(18)29(22)8-7-15(12-5-6-12)27-16(31)9-30/h1-4,10-12,15,21,30H,5-9H2,(H,27,31)(H2,24,25,26). The van der Waals surface area contributed by atoms with Crippen molar-refractivity contribution < 1.29 is 19.4 Å². The molecule has 10 nitrogen and oxygen atoms in total. The highest BCUT2D eigenvalue weighted by atomic mass is 79.9. The van der Waals surface area contributed by atoms with Crippen molar-refractivity contribution in [1.29, 1.82) is 0 Å². The van der Waals surface area contributed by atoms with Crippen LogP contribution < -0.4 is 11.1 Å². The van der Waals surface area contributed by atoms with Gasteiger partial charge >= 0.3 is 0 Å². The van der Waals surface area contributed by atoms with Crippen LogP contribution in [0.2, 0.25) is 0 Å². The number of nitrogens with one attached hydrogen (secondary N) is 1. The number of aryl methyl sites for hydroxylation is 1. The monoisotopic (exact) mass is 546 g/mol. The van der Waals surface area contributed by atoms with Crippen molar-refractivity contribution in [1.82, 2.24) is 24.8 Å². The molecular formula is C22H23BrN6O4S. The summed E-state index contributed by atoms with van der Waals surface area (Å²) in [5, 5.41) is 13.2. The van der Waals surface area contributed by atoms with Crippen molar-refractivity contribution in [2.75, 3.05) is 12.3 Å². The number of ether oxygens (including phenoxy) is 2. The SMILES string of the molecule is Nc1ncnc2c1nc(SC1=COC(c3ccccc3Br)O1)n2CCC(NC(=O)CO)C1CC1. The molecule has 1 fully saturated rings. The molecule has 34 heavy (non-hydrogen) atoms. The number of amides is 1. The summed E-state index contributed by atoms with van der Waals surface area (Å²) in [7, 11) is 0. The predicted molar refractivity (Wildman–Crippen MR) is 129 cm³/mol. The van der Waals surface area contributed by atoms with Crippen LogP contribution in [0.25, 0.3) is 11.2 Å². The van der Waals surface area contributed by atoms with E-state index in [4.69, 9.17) is 20.3 Å². The number of anilines is 1. The van der Waals surface area contributed by atoms with Crippen molar-refractivity contribution in [3.63, 3.8) is 0 Å². The van der Waals surface area contributed by atoms with Gasteiger partial charge in [-0.05, 0) is 43.0 Å². The molecule has 1 aromatic carbocycles. The van der Waals surface area contributed by atoms with E-state index in [1.807, 2.05) is 28.8 Å². The quantitative estimate of drug-likeness (QED) is 0.369. The number of aromatic nitrogens is 4. The molecule has 1 saturated carbocycles. The van der Waals surface area contributed by atoms with Gasteiger partial charge in [0, 0.05) is 22.6 Å². The highest BCUT2D eigenvalue weighted by molar-refractivity contribution is 9.10. The summed E-state index contributed by atoms with van der Waals surface area (Å²) in [6.07, 6.45) is 5.21. The Bertz CT molecular complexity index is 1250. The maximum absolute atomic E-state index is 11.8. The normalized spacial score (nSPS) is 18.3. The largest absolute Gasteiger partial charge is 0.454 e. The average molecular weight is 547 g/mol. The van der Waals surface area contributed by atoms with Crippen LogP contribution in [0.5, 0.6) is 0 Å². The third-order valence-electron chi connectivity index (χ3n) is 5.73. The number of thioether (sulfide) groups is 1. The van der Waals surface area contributed by atoms with Crippen molar-refractivity contribution in [3.8, 4) is 0 Å². The van der Waals surface area contributed by atoms with Crippen molar-refractivity contribution in [2.24, 2.45) is 5.92 Å². The van der Waals surface area contributed by atoms with Crippen LogP contribution in [0.4, 0.5) is 5.82 Å². The van der Waals surface area contributed by atoms with E-state index < -0.39 is 12.9 Å². The number of nitrogen functional groups attached to an aromatic ring is 1. The smallest absolute Gasteiger partial charge is 0.268 e. The molecule has 1 aliphatic carbocycles. The lowest BCUT2D eigenvalue weighted by molar-refractivity contribution is -0.124. The molecule has 0 radical (unpaired) electrons. The number of aliphatic hydroxyl groups is 1. The minimum Gasteiger partial charge on any atom is -0.454 e. The number of aliphatic hydroxyl groups excluding tert-OH is 1. The van der Waals surface area contributed by atoms with Gasteiger partial charge in [0.1, 0.15) is 19.2 Å². The van der Waals surface area contributed by atoms with E-state index in [-0.39, 0.29) is 11.9 Å². The first-order valence-electron chi connectivity index (χ1n) is 10.8. The Kier molecular flexibility index (Phi) is 6.61. The number of carbonyl (C=O) groups is 1. The van der Waals surface area contributed by atoms with Gasteiger partial charge in [-0.3, -0.25) is 4.79 Å². The molecule has 1 aliphatic heterocycles. The van der Waals surface area contributed by atoms with Gasteiger partial charge < -0.3 is 30.2 Å². The summed E-state index contributed by atoms with van der Waals surface area (Å²) in [6, 6.07) is 7.68. The van der Waals surface area contributed by atoms with Crippen LogP contribution in [0, 0.1) is 5.92 Å². The molecule has 3 heterocycles. The van der Waals surface area contributed by atoms with Crippen LogP contribution in [-0.4, -0.2) is 43.2 Å². The van der Waals surface area contributed by atoms with E-state index in [9.17, 15) is 4.79 Å². The lowest BCUT2D eigenvalue weighted by atomic mass is 10.1. The Labute approximate surface area is 208 Å². The molecule has 2 unspecified atom stereocenters. The third kappa shape index (κ3) is 4.84. The molecular weight excluding hydrogens is 524 g/mol. The van der Waals surface area contributed by atoms with Crippen LogP contribution in [-0.2, 0) is 20.8 Å². The second kappa shape index (κ2) is 9.80. The van der Waals surface area contributed by atoms with Crippen LogP contribution in [0.1, 0.15) is 31.1 Å². The summed E-state index contributed by atoms with van der Waals surface area (Å²) in [5.41, 5.74) is 8.06. The molecule has 1 amide bonds. The zero-order chi connectivity index (χ0) is 23.7. The molecule has 178 valence electrons. The second-order valence-electron chi connectivity index (χ2n) is 8.08. The Morgan fingerprint density at radius 1 is 1.35 bits per heavy atom. The second-order valence-corrected chi connectivity index (χ2v) is 9.91. The number of hydrogen-bond acceptors (Lipinski definition) is 9. The Balaban J connectivity index is 1.36. The van der Waals surface area contributed by atoms with Crippen LogP contribution >= 0.6 is 27.7 Å². The van der Waals surface area contributed by atoms with Crippen molar-refractivity contribution >= 4 is 50.6 Å². The van der Waals surface area contributed by atoms with Gasteiger partial charge in [-0.15, -0.1) is 0 Å². The molecule has 3 aromatic rings. The molecule has 0 spiro atoms. The first kappa shape index (κ1) is 22.9. The summed E-state index contributed by atoms with van der Waals surface area (Å²) >= 11 is 4.84. The lowest BCUT2D eigenvalue weighted by Crippen LogP contribution is -2.38. The Morgan fingerprint density at radius 2 is 2.18 bits per heavy atom. The zero-order valence-corrected chi connectivity index (χ0v) is 20.5. The van der Waals surface area contributed by atoms with Gasteiger partial charge in [0.05, 0.1) is 0 Å². The number of rotatable bonds is 9. The van der Waals surface area contributed by atoms with E-state index in [0.717, 1.165) is 22.9 Å². The minimum atomic E-state index is -0.561. The fraction of sp³-hybridized carbons (Fsp3) is 0.364. The fourth-order valence-electron chi connectivity index (χ4n) is 3.88. The Hall–Kier alpha value is -2.83. The summed E-state index contributed by atoms with van der Waals surface area (Å²) < 4.78 is 14.6. The topological polar surface area (TPSA) is 137 Å². The molecule has 0 saturated heterocycles. The van der Waals surface area contributed by atoms with Gasteiger partial charge in [-0.1, -0.05) is 34.1 Å². The lowest BCUT2D eigenvalue weighted by Gasteiger charge is -2.19. The van der Waals surface area contributed by atoms with E-state index in [2.05, 4.69) is 36.2 Å². The van der Waals surface area contributed by atoms with E-state index in [0.29, 0.717) is 46.1 Å². The molecule has 12 heteroatoms. The average Bonchev–Trinajstić information content (AvgIpc) is 3.48. The Morgan fingerprint density at radius 3 is 2.94 bits per heavy atom. The number of carbonyl (C=O) groups excluding carboxylic acids is 1. The molecule has 2 aromatic heterocycles. The number of nitrogens with two attached hydrogens (primary N) is 1. The first-order chi connectivity index (χ1) is 16.5. The minimum absolute atomic E-state index is 0.0285. The predicted octanol–water partition coefficient (Wildman–Crippen LogP) is 3.08. The summed E-state index contributed by atoms with van der Waals surface area (Å²) in [4.78, 5) is 24.9. The van der Waals surface area contributed by atoms with Gasteiger partial charge in [0.2, 0.25) is 11.0 Å². The maximum atomic E-state index is 11.8. The van der Waals surface area contributed by atoms with Gasteiger partial charge in [-0.2, -0.15) is 0 Å². The molecule has 4 N–H and O–H groups in total. The number of imidazole rings is 1. The number of halogens is 1. The molecule has 0 bridgehead atoms. The molecule has 2 aliphatic rings. The third-order valence-corrected chi connectivity index (χ3v) is 7.34. The van der Waals surface area contributed by atoms with Gasteiger partial charge in [0.25, 0.3) is 6.29 Å². The van der Waals surface area contributed by atoms with Gasteiger partial charge in [0.15, 0.2) is 22.1 Å². The van der Waals surface area contributed by atoms with Crippen molar-refractivity contribution in [3.05, 3.63) is 52.0 Å². The number of nitrogens with zero attached hydrogens (tertiary/aromatic N) is 4. The summed E-state index contributed by atoms with van der Waals surface area (Å²) in [6.45, 7) is 0.0240. The van der Waals surface area contributed by atoms with E-state index in [1.54, 1.807) is 6.26 Å². The summed E-state index contributed by atoms with van der Waals surface area (Å²) in [5.74, 6) is 0.343. The first-order valence-corrected chi connectivity index (χ1v) is 12.5. The van der Waals surface area contributed by atoms with Gasteiger partial charge in [-0.25, -0.2) is 15.0 Å². The highest BCUT2D eigenvalue weighted by Crippen LogP contribution is 2.40.